The van der Waals surface area contributed by atoms with E-state index >= 15 is 0 Å². The van der Waals surface area contributed by atoms with Gasteiger partial charge in [0.2, 0.25) is 0 Å². The minimum atomic E-state index is -2.17. The van der Waals surface area contributed by atoms with E-state index in [1.165, 1.54) is 0 Å². The lowest BCUT2D eigenvalue weighted by Crippen LogP contribution is -2.62. The molecule has 1 N–H and O–H groups in total. The number of aliphatic hydroxyl groups excluding tert-OH is 1. The summed E-state index contributed by atoms with van der Waals surface area (Å²) in [6, 6.07) is 0. The zero-order valence-electron chi connectivity index (χ0n) is 26.3. The summed E-state index contributed by atoms with van der Waals surface area (Å²) in [5, 5.41) is 11.6. The molecule has 0 bridgehead atoms. The number of fused-ring (bicyclic) bond motifs is 2. The quantitative estimate of drug-likeness (QED) is 0.303. The van der Waals surface area contributed by atoms with Crippen LogP contribution < -0.4 is 0 Å². The van der Waals surface area contributed by atoms with Gasteiger partial charge in [-0.25, -0.2) is 0 Å². The van der Waals surface area contributed by atoms with E-state index in [9.17, 15) is 9.90 Å². The van der Waals surface area contributed by atoms with Gasteiger partial charge in [-0.3, -0.25) is 4.79 Å². The highest BCUT2D eigenvalue weighted by molar-refractivity contribution is 6.75. The lowest BCUT2D eigenvalue weighted by molar-refractivity contribution is -0.260. The molecule has 4 aliphatic heterocycles. The molecule has 0 aliphatic carbocycles. The normalized spacial score (nSPS) is 38.0. The van der Waals surface area contributed by atoms with Gasteiger partial charge in [-0.2, -0.15) is 0 Å². The third-order valence-electron chi connectivity index (χ3n) is 9.37. The molecule has 9 atom stereocenters. The predicted molar refractivity (Wildman–Crippen MR) is 152 cm³/mol. The van der Waals surface area contributed by atoms with Gasteiger partial charge in [-0.1, -0.05) is 27.7 Å². The summed E-state index contributed by atoms with van der Waals surface area (Å²) in [7, 11) is -2.17. The van der Waals surface area contributed by atoms with Crippen LogP contribution in [0.4, 0.5) is 0 Å². The summed E-state index contributed by atoms with van der Waals surface area (Å²) in [5.41, 5.74) is 0.278. The zero-order valence-corrected chi connectivity index (χ0v) is 27.3. The maximum Gasteiger partial charge on any atom is 0.311 e. The summed E-state index contributed by atoms with van der Waals surface area (Å²) < 4.78 is 44.2. The van der Waals surface area contributed by atoms with Crippen LogP contribution in [-0.2, 0) is 37.6 Å². The molecule has 0 spiro atoms. The van der Waals surface area contributed by atoms with E-state index < -0.39 is 37.8 Å². The number of carbonyl (C=O) groups excluding carboxylic acids is 1. The van der Waals surface area contributed by atoms with Crippen molar-refractivity contribution < 1.29 is 42.7 Å². The minimum Gasteiger partial charge on any atom is -0.465 e. The number of carbonyl (C=O) groups is 1. The maximum absolute atomic E-state index is 12.1. The Bertz CT molecular complexity index is 864. The lowest BCUT2D eigenvalue weighted by Gasteiger charge is -2.47. The largest absolute Gasteiger partial charge is 0.465 e. The van der Waals surface area contributed by atoms with Crippen molar-refractivity contribution in [1.29, 1.82) is 0 Å². The fourth-order valence-electron chi connectivity index (χ4n) is 6.33. The molecule has 40 heavy (non-hydrogen) atoms. The van der Waals surface area contributed by atoms with Crippen LogP contribution in [0.5, 0.6) is 0 Å². The molecular weight excluding hydrogens is 532 g/mol. The molecule has 0 saturated carbocycles. The third kappa shape index (κ3) is 6.96. The number of ether oxygens (including phenoxy) is 6. The monoisotopic (exact) mass is 586 g/mol. The first-order chi connectivity index (χ1) is 18.5. The molecule has 1 unspecified atom stereocenters. The van der Waals surface area contributed by atoms with Gasteiger partial charge >= 0.3 is 5.97 Å². The summed E-state index contributed by atoms with van der Waals surface area (Å²) >= 11 is 0. The molecule has 0 amide bonds. The lowest BCUT2D eigenvalue weighted by atomic mass is 9.88. The van der Waals surface area contributed by atoms with E-state index in [4.69, 9.17) is 32.8 Å². The van der Waals surface area contributed by atoms with Crippen LogP contribution >= 0.6 is 0 Å². The van der Waals surface area contributed by atoms with Gasteiger partial charge in [-0.15, -0.1) is 0 Å². The second-order valence-corrected chi connectivity index (χ2v) is 19.4. The van der Waals surface area contributed by atoms with Gasteiger partial charge in [0.05, 0.1) is 43.0 Å². The van der Waals surface area contributed by atoms with E-state index in [2.05, 4.69) is 34.2 Å². The highest BCUT2D eigenvalue weighted by atomic mass is 28.4. The van der Waals surface area contributed by atoms with Crippen LogP contribution in [0.1, 0.15) is 88.0 Å². The van der Waals surface area contributed by atoms with Crippen LogP contribution in [0.2, 0.25) is 17.6 Å². The number of esters is 1. The van der Waals surface area contributed by atoms with E-state index in [0.717, 1.165) is 12.8 Å². The van der Waals surface area contributed by atoms with E-state index in [1.54, 1.807) is 0 Å². The smallest absolute Gasteiger partial charge is 0.311 e. The van der Waals surface area contributed by atoms with E-state index in [1.807, 2.05) is 34.6 Å². The Hall–Kier alpha value is -0.593. The fourth-order valence-corrected chi connectivity index (χ4v) is 9.08. The molecule has 4 fully saturated rings. The average Bonchev–Trinajstić information content (AvgIpc) is 3.37. The van der Waals surface area contributed by atoms with E-state index in [0.29, 0.717) is 37.1 Å². The third-order valence-corrected chi connectivity index (χ3v) is 14.7. The van der Waals surface area contributed by atoms with Crippen molar-refractivity contribution in [3.8, 4) is 0 Å². The second kappa shape index (κ2) is 12.2. The Balaban J connectivity index is 1.46. The van der Waals surface area contributed by atoms with Crippen LogP contribution in [-0.4, -0.2) is 93.3 Å². The topological polar surface area (TPSA) is 102 Å². The van der Waals surface area contributed by atoms with Crippen molar-refractivity contribution in [2.45, 2.75) is 166 Å². The predicted octanol–water partition coefficient (Wildman–Crippen LogP) is 4.73. The zero-order chi connectivity index (χ0) is 29.6. The van der Waals surface area contributed by atoms with Crippen molar-refractivity contribution in [2.24, 2.45) is 5.41 Å². The number of rotatable bonds is 9. The standard InChI is InChI=1S/C30H54O9Si/c1-17(2)40(10,18(3)4)39-25-22(15-20-16-34-30(8,9)38-20)37-26-23(31)24-21(36-27(25)26)12-11-19(35-24)13-14-33-28(32)29(5,6)7/h17-27,31H,11-16H2,1-10H3/t19-,20?,21+,22-,23-,24+,25+,26+,27+/m1/s1. The molecule has 4 rings (SSSR count). The van der Waals surface area contributed by atoms with Gasteiger partial charge in [0.1, 0.15) is 30.5 Å². The van der Waals surface area contributed by atoms with Crippen LogP contribution in [0, 0.1) is 5.41 Å². The van der Waals surface area contributed by atoms with Crippen LogP contribution in [0.3, 0.4) is 0 Å². The first kappa shape index (κ1) is 32.3. The van der Waals surface area contributed by atoms with Gasteiger partial charge in [-0.05, 0) is 65.1 Å². The first-order valence-electron chi connectivity index (χ1n) is 15.3. The SMILES string of the molecule is CC(C)[Si](C)(O[C@@H]1[C@@H]2O[C@H]3CC[C@H](CCOC(=O)C(C)(C)C)O[C@@H]3[C@@H](O)[C@@H]2O[C@@H]1CC1COC(C)(C)O1)C(C)C. The number of hydrogen-bond acceptors (Lipinski definition) is 9. The molecule has 4 aliphatic rings. The molecule has 4 heterocycles. The minimum absolute atomic E-state index is 0.114. The molecule has 0 aromatic heterocycles. The number of aliphatic hydroxyl groups is 1. The highest BCUT2D eigenvalue weighted by Crippen LogP contribution is 2.45. The van der Waals surface area contributed by atoms with E-state index in [-0.39, 0.29) is 42.6 Å². The second-order valence-electron chi connectivity index (χ2n) is 14.5. The van der Waals surface area contributed by atoms with Crippen LogP contribution in [0.25, 0.3) is 0 Å². The Morgan fingerprint density at radius 1 is 1.00 bits per heavy atom. The molecule has 0 radical (unpaired) electrons. The summed E-state index contributed by atoms with van der Waals surface area (Å²) in [4.78, 5) is 12.1. The summed E-state index contributed by atoms with van der Waals surface area (Å²) in [6.45, 7) is 21.4. The van der Waals surface area contributed by atoms with Gasteiger partial charge in [0, 0.05) is 12.8 Å². The van der Waals surface area contributed by atoms with Gasteiger partial charge in [0.25, 0.3) is 0 Å². The molecule has 4 saturated heterocycles. The number of hydrogen-bond donors (Lipinski definition) is 1. The first-order valence-corrected chi connectivity index (χ1v) is 17.9. The van der Waals surface area contributed by atoms with Crippen molar-refractivity contribution in [3.05, 3.63) is 0 Å². The summed E-state index contributed by atoms with van der Waals surface area (Å²) in [5.74, 6) is -0.847. The summed E-state index contributed by atoms with van der Waals surface area (Å²) in [6.07, 6.45) is -0.608. The van der Waals surface area contributed by atoms with Crippen molar-refractivity contribution in [1.82, 2.24) is 0 Å². The maximum atomic E-state index is 12.1. The van der Waals surface area contributed by atoms with Gasteiger partial charge < -0.3 is 38.0 Å². The Morgan fingerprint density at radius 2 is 1.68 bits per heavy atom. The average molecular weight is 587 g/mol. The van der Waals surface area contributed by atoms with Crippen molar-refractivity contribution in [3.63, 3.8) is 0 Å². The van der Waals surface area contributed by atoms with Crippen LogP contribution in [0.15, 0.2) is 0 Å². The van der Waals surface area contributed by atoms with Crippen molar-refractivity contribution >= 4 is 14.3 Å². The van der Waals surface area contributed by atoms with Crippen molar-refractivity contribution in [2.75, 3.05) is 13.2 Å². The highest BCUT2D eigenvalue weighted by Gasteiger charge is 2.59. The van der Waals surface area contributed by atoms with Gasteiger partial charge in [0.15, 0.2) is 14.1 Å². The Morgan fingerprint density at radius 3 is 2.25 bits per heavy atom. The molecule has 232 valence electrons. The fraction of sp³-hybridized carbons (Fsp3) is 0.967. The molecular formula is C30H54O9Si. The molecule has 9 nitrogen and oxygen atoms in total. The molecule has 0 aromatic rings. The molecule has 10 heteroatoms. The Kier molecular flexibility index (Phi) is 9.85. The Labute approximate surface area is 242 Å². The molecule has 0 aromatic carbocycles.